The Labute approximate surface area is 741 Å². The van der Waals surface area contributed by atoms with Crippen molar-refractivity contribution in [1.82, 2.24) is 0 Å². The maximum atomic E-state index is 13.6. The van der Waals surface area contributed by atoms with Crippen molar-refractivity contribution in [3.8, 4) is 5.75 Å². The van der Waals surface area contributed by atoms with Gasteiger partial charge in [-0.3, -0.25) is 0 Å². The van der Waals surface area contributed by atoms with Gasteiger partial charge < -0.3 is 26.8 Å². The van der Waals surface area contributed by atoms with Crippen LogP contribution in [0, 0.1) is 25.5 Å². The lowest BCUT2D eigenvalue weighted by atomic mass is 10.0. The lowest BCUT2D eigenvalue weighted by Crippen LogP contribution is -2.14. The summed E-state index contributed by atoms with van der Waals surface area (Å²) in [6, 6.07) is 51.2. The highest BCUT2D eigenvalue weighted by Gasteiger charge is 2.30. The smallest absolute Gasteiger partial charge is 0.355 e. The van der Waals surface area contributed by atoms with Gasteiger partial charge in [0.2, 0.25) is 49.2 Å². The first kappa shape index (κ1) is 90.6. The molecule has 5 heterocycles. The van der Waals surface area contributed by atoms with Crippen molar-refractivity contribution in [3.05, 3.63) is 334 Å². The van der Waals surface area contributed by atoms with Crippen molar-refractivity contribution in [1.29, 1.82) is 0 Å². The van der Waals surface area contributed by atoms with Crippen LogP contribution in [0.25, 0.3) is 54.8 Å². The van der Waals surface area contributed by atoms with Gasteiger partial charge in [0.1, 0.15) is 11.6 Å². The van der Waals surface area contributed by atoms with E-state index < -0.39 is 109 Å². The number of ether oxygens (including phenoxy) is 1. The minimum absolute atomic E-state index is 0.0102. The molecule has 10 aromatic carbocycles. The molecule has 0 aliphatic heterocycles. The summed E-state index contributed by atoms with van der Waals surface area (Å²) in [6.07, 6.45) is 0. The minimum Gasteiger partial charge on any atom is -0.497 e. The molecule has 0 aliphatic carbocycles. The van der Waals surface area contributed by atoms with Gasteiger partial charge in [0.05, 0.1) is 49.5 Å². The molecule has 0 unspecified atom stereocenters. The molecule has 0 bridgehead atoms. The summed E-state index contributed by atoms with van der Waals surface area (Å²) < 4.78 is 190. The number of rotatable bonds is 12. The van der Waals surface area contributed by atoms with E-state index in [1.807, 2.05) is 27.7 Å². The Kier molecular flexibility index (Phi) is 28.1. The van der Waals surface area contributed by atoms with Crippen LogP contribution in [0.2, 0.25) is 5.02 Å². The van der Waals surface area contributed by atoms with E-state index in [1.54, 1.807) is 78.9 Å². The van der Waals surface area contributed by atoms with E-state index in [-0.39, 0.29) is 56.7 Å². The Hall–Kier alpha value is -8.21. The van der Waals surface area contributed by atoms with Gasteiger partial charge in [-0.05, 0) is 270 Å². The van der Waals surface area contributed by atoms with E-state index in [2.05, 4.69) is 127 Å². The van der Waals surface area contributed by atoms with Crippen LogP contribution < -0.4 is 32.9 Å². The van der Waals surface area contributed by atoms with Crippen LogP contribution in [0.4, 0.5) is 8.78 Å². The van der Waals surface area contributed by atoms with Gasteiger partial charge in [-0.15, -0.1) is 0 Å². The molecule has 0 atom stereocenters. The van der Waals surface area contributed by atoms with Crippen molar-refractivity contribution in [2.24, 2.45) is 0 Å². The Morgan fingerprint density at radius 1 is 0.331 bits per heavy atom. The zero-order chi connectivity index (χ0) is 86.2. The monoisotopic (exact) mass is 2220 g/mol. The maximum absolute atomic E-state index is 13.6. The van der Waals surface area contributed by atoms with Crippen LogP contribution in [-0.4, -0.2) is 49.2 Å². The lowest BCUT2D eigenvalue weighted by molar-refractivity contribution is 0.414. The average Bonchev–Trinajstić information content (AvgIpc) is 0.784. The summed E-state index contributed by atoms with van der Waals surface area (Å²) in [6.45, 7) is 7.77. The quantitative estimate of drug-likeness (QED) is 0.103. The summed E-state index contributed by atoms with van der Waals surface area (Å²) in [5, 5.41) is 2.26. The summed E-state index contributed by atoms with van der Waals surface area (Å²) in [7, 11) is -18.6. The summed E-state index contributed by atoms with van der Waals surface area (Å²) >= 11 is 32.3. The largest absolute Gasteiger partial charge is 0.497 e. The minimum atomic E-state index is -4.14. The van der Waals surface area contributed by atoms with Crippen molar-refractivity contribution in [3.63, 3.8) is 0 Å². The molecule has 15 aromatic rings. The summed E-state index contributed by atoms with van der Waals surface area (Å²) in [5.41, 5.74) is -1.27. The molecular formula is C81H51Br8ClF2O21S5. The molecule has 37 heteroatoms. The zero-order valence-electron chi connectivity index (χ0n) is 60.6. The van der Waals surface area contributed by atoms with Crippen LogP contribution in [0.3, 0.4) is 0 Å². The molecule has 0 spiro atoms. The number of sulfone groups is 5. The Morgan fingerprint density at radius 3 is 0.941 bits per heavy atom. The molecule has 15 rings (SSSR count). The van der Waals surface area contributed by atoms with E-state index in [1.165, 1.54) is 122 Å². The molecular weight excluding hydrogens is 2180 g/mol. The summed E-state index contributed by atoms with van der Waals surface area (Å²) in [5.74, 6) is -1.16. The number of aryl methyl sites for hydroxylation is 2. The third-order valence-corrected chi connectivity index (χ3v) is 30.4. The first-order valence-corrected chi connectivity index (χ1v) is 47.6. The van der Waals surface area contributed by atoms with Gasteiger partial charge in [0.15, 0.2) is 58.2 Å². The second kappa shape index (κ2) is 36.6. The summed E-state index contributed by atoms with van der Waals surface area (Å²) in [4.78, 5) is 58.5. The number of hydrogen-bond donors (Lipinski definition) is 0. The van der Waals surface area contributed by atoms with Crippen molar-refractivity contribution in [2.75, 3.05) is 7.11 Å². The fourth-order valence-corrected chi connectivity index (χ4v) is 23.2. The van der Waals surface area contributed by atoms with Crippen molar-refractivity contribution < 1.29 is 77.7 Å². The highest BCUT2D eigenvalue weighted by Crippen LogP contribution is 2.37. The van der Waals surface area contributed by atoms with Crippen LogP contribution in [0.1, 0.15) is 36.5 Å². The van der Waals surface area contributed by atoms with Crippen molar-refractivity contribution >= 4 is 243 Å². The molecule has 21 nitrogen and oxygen atoms in total. The fourth-order valence-electron chi connectivity index (χ4n) is 11.1. The van der Waals surface area contributed by atoms with Gasteiger partial charge in [0, 0.05) is 55.9 Å². The predicted octanol–water partition coefficient (Wildman–Crippen LogP) is 21.9. The van der Waals surface area contributed by atoms with Gasteiger partial charge in [-0.2, -0.15) is 0 Å². The number of halogens is 11. The van der Waals surface area contributed by atoms with E-state index in [4.69, 9.17) is 38.4 Å². The lowest BCUT2D eigenvalue weighted by Gasteiger charge is -2.08. The molecule has 0 N–H and O–H groups in total. The second-order valence-corrected chi connectivity index (χ2v) is 42.6. The van der Waals surface area contributed by atoms with E-state index in [9.17, 15) is 74.8 Å². The molecule has 0 amide bonds. The van der Waals surface area contributed by atoms with E-state index in [0.717, 1.165) is 46.7 Å². The third-order valence-electron chi connectivity index (χ3n) is 17.2. The molecule has 608 valence electrons. The van der Waals surface area contributed by atoms with Crippen molar-refractivity contribution in [2.45, 2.75) is 82.6 Å². The average molecular weight is 2230 g/mol. The molecule has 0 fully saturated rings. The Bertz CT molecular complexity index is 7510. The van der Waals surface area contributed by atoms with Gasteiger partial charge in [-0.1, -0.05) is 126 Å². The van der Waals surface area contributed by atoms with E-state index >= 15 is 0 Å². The highest BCUT2D eigenvalue weighted by atomic mass is 79.9. The molecule has 118 heavy (non-hydrogen) atoms. The molecule has 0 saturated heterocycles. The van der Waals surface area contributed by atoms with Crippen LogP contribution in [-0.2, 0) is 49.2 Å². The number of benzene rings is 10. The van der Waals surface area contributed by atoms with Gasteiger partial charge in [0.25, 0.3) is 0 Å². The highest BCUT2D eigenvalue weighted by molar-refractivity contribution is 9.12. The zero-order valence-corrected chi connectivity index (χ0v) is 78.1. The van der Waals surface area contributed by atoms with Gasteiger partial charge >= 0.3 is 28.1 Å². The van der Waals surface area contributed by atoms with Crippen LogP contribution in [0.15, 0.2) is 343 Å². The maximum Gasteiger partial charge on any atom is 0.355 e. The molecule has 0 radical (unpaired) electrons. The Balaban J connectivity index is 0.000000145. The number of hydrogen-bond acceptors (Lipinski definition) is 21. The molecule has 0 saturated carbocycles. The fraction of sp³-hybridized carbons (Fsp3) is 0.0741. The van der Waals surface area contributed by atoms with Gasteiger partial charge in [-0.25, -0.2) is 74.8 Å². The second-order valence-electron chi connectivity index (χ2n) is 25.4. The first-order chi connectivity index (χ1) is 55.4. The topological polar surface area (TPSA) is 331 Å². The molecule has 5 aromatic heterocycles. The molecule has 0 aliphatic rings. The normalized spacial score (nSPS) is 11.8. The SMILES string of the molecule is CC(C)c1ccc(S(=O)(=O)c2cc3cc(Br)cc(Br)c3oc2=O)cc1.COc1ccc(S(=O)(=O)c2cc3cc(Br)cc(Br)c3oc2=O)cc1.Cc1ccc(S(=O)(=O)c2cc3cc(Br)cc(Br)c3oc2=O)cc1C.O=c1oc2c(Br)cc(Br)cc2cc1S(=O)(=O)c1ccc(Cl)cc1.O=c1oc2c(F)cc(F)cc2cc1S(=O)(=O)c1ccccc1. The predicted molar refractivity (Wildman–Crippen MR) is 469 cm³/mol. The van der Waals surface area contributed by atoms with Crippen LogP contribution >= 0.6 is 139 Å². The van der Waals surface area contributed by atoms with E-state index in [0.29, 0.717) is 67.4 Å². The first-order valence-electron chi connectivity index (χ1n) is 33.4. The van der Waals surface area contributed by atoms with Crippen LogP contribution in [0.5, 0.6) is 5.75 Å². The standard InChI is InChI=1S/C18H14Br2O4S.C17H12Br2O4S.C16H10Br2O5S.C15H7Br2ClO4S.C15H8F2O4S/c1-10(2)11-3-5-14(6-4-11)25(22,23)16-8-12-7-13(19)9-15(20)17(12)24-18(16)21;1-9-3-4-13(5-10(9)2)24(21,22)15-7-11-6-12(18)8-14(19)16(11)23-17(15)20;1-22-11-2-4-12(5-3-11)24(20,21)14-7-9-6-10(17)8-13(18)15(9)23-16(14)19;16-9-5-8-6-13(15(19)22-14(8)12(17)7-9)23(20,21)11-3-1-10(18)2-4-11;16-10-6-9-7-13(15(18)21-14(9)12(17)8-10)22(19,20)11-4-2-1-3-5-11/h3-10H,1-2H3;3-8H,1-2H3;2-8H,1H3;1-7H;1-8H. The Morgan fingerprint density at radius 2 is 0.619 bits per heavy atom. The number of methoxy groups -OCH3 is 1. The number of fused-ring (bicyclic) bond motifs is 5. The third kappa shape index (κ3) is 19.9.